The first kappa shape index (κ1) is 93.6. The number of carbonyl (C=O) groups is 8. The monoisotopic (exact) mass is 1490 g/mol. The van der Waals surface area contributed by atoms with Crippen LogP contribution < -0.4 is 31.9 Å². The zero-order valence-corrected chi connectivity index (χ0v) is 62.6. The topological polar surface area (TPSA) is 474 Å². The van der Waals surface area contributed by atoms with E-state index in [0.29, 0.717) is 64.5 Å². The van der Waals surface area contributed by atoms with Crippen molar-refractivity contribution in [2.75, 3.05) is 92.4 Å². The molecule has 0 aromatic rings. The lowest BCUT2D eigenvalue weighted by molar-refractivity contribution is -0.270. The van der Waals surface area contributed by atoms with E-state index in [0.717, 1.165) is 70.6 Å². The van der Waals surface area contributed by atoms with Gasteiger partial charge in [0.25, 0.3) is 0 Å². The van der Waals surface area contributed by atoms with E-state index in [2.05, 4.69) is 52.7 Å². The average molecular weight is 1500 g/mol. The lowest BCUT2D eigenvalue weighted by Gasteiger charge is -2.42. The molecule has 3 heterocycles. The SMILES string of the molecule is CC(=O)N[C@H]1[C@H](OCCCCCCCC(=O)CCOCC(COCCC(=O)CCCCCCCO[C@@H]2O[C@H](CO)[C@H](O)[C@H](O)[C@H]2NC(C)=O)(COCCC(=O)NCCCCCCO[C@@H]2O[C@H](CO)[C@H](O)[C@H](O)[C@H]2NC(C)=O)NC(=O)CCCC(=O)NCCCCCCC(C)(C)C)O[C@H](CO)[C@H](O)[C@@H]1O. The second-order valence-corrected chi connectivity index (χ2v) is 29.0. The Kier molecular flexibility index (Phi) is 48.0. The van der Waals surface area contributed by atoms with Crippen LogP contribution in [0.2, 0.25) is 0 Å². The van der Waals surface area contributed by atoms with Crippen LogP contribution in [0.4, 0.5) is 0 Å². The van der Waals surface area contributed by atoms with Crippen molar-refractivity contribution in [3.8, 4) is 0 Å². The van der Waals surface area contributed by atoms with Crippen molar-refractivity contribution in [2.24, 2.45) is 5.41 Å². The number of hydrogen-bond donors (Lipinski definition) is 15. The van der Waals surface area contributed by atoms with E-state index in [4.69, 9.17) is 42.6 Å². The molecule has 15 atom stereocenters. The molecule has 3 rings (SSSR count). The minimum atomic E-state index is -1.43. The minimum Gasteiger partial charge on any atom is -0.394 e. The summed E-state index contributed by atoms with van der Waals surface area (Å²) in [4.78, 5) is 102. The third-order valence-electron chi connectivity index (χ3n) is 18.2. The van der Waals surface area contributed by atoms with Gasteiger partial charge in [-0.05, 0) is 63.2 Å². The van der Waals surface area contributed by atoms with Gasteiger partial charge in [-0.15, -0.1) is 0 Å². The molecule has 0 saturated carbocycles. The first-order chi connectivity index (χ1) is 49.6. The van der Waals surface area contributed by atoms with E-state index < -0.39 is 141 Å². The van der Waals surface area contributed by atoms with Gasteiger partial charge in [-0.25, -0.2) is 0 Å². The normalized spacial score (nSPS) is 25.0. The van der Waals surface area contributed by atoms with Crippen LogP contribution in [0.15, 0.2) is 0 Å². The van der Waals surface area contributed by atoms with Crippen LogP contribution in [0.3, 0.4) is 0 Å². The highest BCUT2D eigenvalue weighted by Crippen LogP contribution is 2.27. The van der Waals surface area contributed by atoms with Gasteiger partial charge in [-0.1, -0.05) is 91.4 Å². The molecule has 32 heteroatoms. The molecule has 3 aliphatic rings. The Bertz CT molecular complexity index is 2220. The van der Waals surface area contributed by atoms with E-state index in [1.54, 1.807) is 0 Å². The highest BCUT2D eigenvalue weighted by atomic mass is 16.7. The van der Waals surface area contributed by atoms with Gasteiger partial charge in [-0.3, -0.25) is 38.4 Å². The fourth-order valence-electron chi connectivity index (χ4n) is 12.3. The molecule has 0 aromatic heterocycles. The summed E-state index contributed by atoms with van der Waals surface area (Å²) in [6.45, 7) is 9.57. The molecule has 6 amide bonds. The van der Waals surface area contributed by atoms with Crippen molar-refractivity contribution in [1.82, 2.24) is 31.9 Å². The number of unbranched alkanes of at least 4 members (excludes halogenated alkanes) is 14. The predicted molar refractivity (Wildman–Crippen MR) is 377 cm³/mol. The lowest BCUT2D eigenvalue weighted by atomic mass is 9.89. The number of Topliss-reactive ketones (excluding diaryl/α,β-unsaturated/α-hetero) is 2. The Morgan fingerprint density at radius 1 is 0.356 bits per heavy atom. The molecule has 3 aliphatic heterocycles. The van der Waals surface area contributed by atoms with E-state index in [9.17, 15) is 84.3 Å². The predicted octanol–water partition coefficient (Wildman–Crippen LogP) is 0.721. The maximum Gasteiger partial charge on any atom is 0.222 e. The van der Waals surface area contributed by atoms with Gasteiger partial charge < -0.3 is 120 Å². The van der Waals surface area contributed by atoms with Crippen molar-refractivity contribution >= 4 is 47.0 Å². The summed E-state index contributed by atoms with van der Waals surface area (Å²) in [5.74, 6) is -2.36. The number of aliphatic hydroxyl groups is 9. The fraction of sp³-hybridized carbons (Fsp3) is 0.889. The molecule has 0 bridgehead atoms. The highest BCUT2D eigenvalue weighted by Gasteiger charge is 2.48. The molecular formula is C72H130N6O26. The molecule has 0 aliphatic carbocycles. The van der Waals surface area contributed by atoms with Crippen LogP contribution in [-0.2, 0) is 81.0 Å². The number of aliphatic hydroxyl groups excluding tert-OH is 9. The molecule has 0 radical (unpaired) electrons. The second kappa shape index (κ2) is 53.3. The Hall–Kier alpha value is -4.56. The van der Waals surface area contributed by atoms with Crippen LogP contribution in [0.5, 0.6) is 0 Å². The largest absolute Gasteiger partial charge is 0.394 e. The van der Waals surface area contributed by atoms with Gasteiger partial charge in [0.15, 0.2) is 18.9 Å². The van der Waals surface area contributed by atoms with Crippen LogP contribution in [0.25, 0.3) is 0 Å². The minimum absolute atomic E-state index is 0.0144. The number of ketones is 2. The molecular weight excluding hydrogens is 1360 g/mol. The van der Waals surface area contributed by atoms with Crippen LogP contribution >= 0.6 is 0 Å². The first-order valence-corrected chi connectivity index (χ1v) is 37.8. The summed E-state index contributed by atoms with van der Waals surface area (Å²) in [5, 5.41) is 108. The smallest absolute Gasteiger partial charge is 0.222 e. The van der Waals surface area contributed by atoms with Crippen molar-refractivity contribution in [3.05, 3.63) is 0 Å². The van der Waals surface area contributed by atoms with E-state index in [1.807, 2.05) is 0 Å². The Balaban J connectivity index is 1.60. The average Bonchev–Trinajstić information content (AvgIpc) is 0.814. The van der Waals surface area contributed by atoms with Crippen molar-refractivity contribution in [1.29, 1.82) is 0 Å². The third-order valence-corrected chi connectivity index (χ3v) is 18.2. The number of ether oxygens (including phenoxy) is 9. The van der Waals surface area contributed by atoms with Crippen molar-refractivity contribution < 1.29 is 127 Å². The number of hydrogen-bond acceptors (Lipinski definition) is 26. The standard InChI is InChI=1S/C72H130N6O26/c1-48(82)75-59-65(93)62(90)53(42-79)102-68(59)99-36-22-14-7-9-17-26-51(85)30-39-96-45-72(78-58(89)29-25-28-56(87)73-34-20-12-11-19-33-71(4,5)6,46-97-40-31-52(86)27-18-10-8-15-23-37-100-69-60(76-49(2)83)66(94)63(91)54(43-80)103-69)47-98-41-32-57(88)74-35-21-13-16-24-38-101-70-61(77-50(3)84)67(95)64(92)55(44-81)104-70/h53-55,59-70,79-81,90-95H,7-47H2,1-6H3,(H,73,87)(H,74,88)(H,75,82)(H,76,83)(H,77,84)(H,78,89)/t53-,54-,55-,59-,60-,61-,62+,63+,64+,65-,66-,67-,68-,69-,70-/m1/s1. The highest BCUT2D eigenvalue weighted by molar-refractivity contribution is 5.80. The molecule has 0 spiro atoms. The number of nitrogens with one attached hydrogen (secondary N) is 6. The molecule has 3 saturated heterocycles. The van der Waals surface area contributed by atoms with Gasteiger partial charge in [0, 0.05) is 98.6 Å². The van der Waals surface area contributed by atoms with Gasteiger partial charge in [0.05, 0.1) is 59.5 Å². The summed E-state index contributed by atoms with van der Waals surface area (Å²) in [6, 6.07) is -3.13. The van der Waals surface area contributed by atoms with Crippen LogP contribution in [0, 0.1) is 5.41 Å². The molecule has 604 valence electrons. The Morgan fingerprint density at radius 3 is 1.03 bits per heavy atom. The van der Waals surface area contributed by atoms with E-state index >= 15 is 0 Å². The number of rotatable bonds is 58. The quantitative estimate of drug-likeness (QED) is 0.0373. The van der Waals surface area contributed by atoms with Gasteiger partial charge >= 0.3 is 0 Å². The molecule has 104 heavy (non-hydrogen) atoms. The second-order valence-electron chi connectivity index (χ2n) is 29.0. The summed E-state index contributed by atoms with van der Waals surface area (Å²) >= 11 is 0. The van der Waals surface area contributed by atoms with E-state index in [-0.39, 0.29) is 140 Å². The van der Waals surface area contributed by atoms with Gasteiger partial charge in [0.2, 0.25) is 35.4 Å². The third kappa shape index (κ3) is 39.0. The Labute approximate surface area is 613 Å². The number of amides is 6. The molecule has 15 N–H and O–H groups in total. The Morgan fingerprint density at radius 2 is 0.673 bits per heavy atom. The van der Waals surface area contributed by atoms with Gasteiger partial charge in [-0.2, -0.15) is 0 Å². The number of carbonyl (C=O) groups excluding carboxylic acids is 8. The maximum absolute atomic E-state index is 13.9. The zero-order valence-electron chi connectivity index (χ0n) is 62.6. The van der Waals surface area contributed by atoms with Crippen molar-refractivity contribution in [3.63, 3.8) is 0 Å². The fourth-order valence-corrected chi connectivity index (χ4v) is 12.3. The zero-order chi connectivity index (χ0) is 76.9. The molecule has 0 aromatic carbocycles. The van der Waals surface area contributed by atoms with E-state index in [1.165, 1.54) is 20.8 Å². The summed E-state index contributed by atoms with van der Waals surface area (Å²) in [6.07, 6.45) is 0.510. The summed E-state index contributed by atoms with van der Waals surface area (Å²) in [7, 11) is 0. The maximum atomic E-state index is 13.9. The van der Waals surface area contributed by atoms with Crippen molar-refractivity contribution in [2.45, 2.75) is 312 Å². The summed E-state index contributed by atoms with van der Waals surface area (Å²) in [5.41, 5.74) is -1.12. The molecule has 3 fully saturated rings. The molecule has 0 unspecified atom stereocenters. The first-order valence-electron chi connectivity index (χ1n) is 37.8. The van der Waals surface area contributed by atoms with Gasteiger partial charge in [0.1, 0.15) is 90.2 Å². The molecule has 32 nitrogen and oxygen atoms in total. The van der Waals surface area contributed by atoms with Crippen LogP contribution in [-0.4, -0.2) is 283 Å². The lowest BCUT2D eigenvalue weighted by Crippen LogP contribution is -2.64. The summed E-state index contributed by atoms with van der Waals surface area (Å²) < 4.78 is 52.8. The van der Waals surface area contributed by atoms with Crippen LogP contribution in [0.1, 0.15) is 215 Å².